The highest BCUT2D eigenvalue weighted by molar-refractivity contribution is 6.01. The molecule has 2 heterocycles. The SMILES string of the molecule is CC(C)=CCN1CC[C@@H](O)[C@H](NC(=O)c2c(-c3ccccc3)noc2C)C1. The van der Waals surface area contributed by atoms with Gasteiger partial charge < -0.3 is 14.9 Å². The molecule has 0 aliphatic carbocycles. The maximum Gasteiger partial charge on any atom is 0.257 e. The van der Waals surface area contributed by atoms with Crippen LogP contribution in [0.4, 0.5) is 0 Å². The van der Waals surface area contributed by atoms with E-state index in [0.717, 1.165) is 18.7 Å². The van der Waals surface area contributed by atoms with Crippen molar-refractivity contribution in [2.45, 2.75) is 39.3 Å². The van der Waals surface area contributed by atoms with Crippen LogP contribution in [-0.4, -0.2) is 52.9 Å². The van der Waals surface area contributed by atoms with Crippen LogP contribution in [0.25, 0.3) is 11.3 Å². The predicted molar refractivity (Wildman–Crippen MR) is 104 cm³/mol. The van der Waals surface area contributed by atoms with Crippen molar-refractivity contribution in [3.63, 3.8) is 0 Å². The summed E-state index contributed by atoms with van der Waals surface area (Å²) < 4.78 is 5.28. The van der Waals surface area contributed by atoms with Crippen molar-refractivity contribution in [1.82, 2.24) is 15.4 Å². The Bertz CT molecular complexity index is 809. The second kappa shape index (κ2) is 8.50. The Labute approximate surface area is 159 Å². The van der Waals surface area contributed by atoms with Gasteiger partial charge in [-0.05, 0) is 27.2 Å². The van der Waals surface area contributed by atoms with Gasteiger partial charge in [0.1, 0.15) is 17.0 Å². The highest BCUT2D eigenvalue weighted by Crippen LogP contribution is 2.25. The molecule has 1 saturated heterocycles. The quantitative estimate of drug-likeness (QED) is 0.793. The van der Waals surface area contributed by atoms with Crippen LogP contribution >= 0.6 is 0 Å². The van der Waals surface area contributed by atoms with Gasteiger partial charge in [0.15, 0.2) is 0 Å². The van der Waals surface area contributed by atoms with Crippen LogP contribution in [0.3, 0.4) is 0 Å². The lowest BCUT2D eigenvalue weighted by Gasteiger charge is -2.36. The zero-order valence-corrected chi connectivity index (χ0v) is 16.1. The molecule has 1 amide bonds. The number of rotatable bonds is 5. The lowest BCUT2D eigenvalue weighted by Crippen LogP contribution is -2.55. The third kappa shape index (κ3) is 4.64. The molecule has 2 N–H and O–H groups in total. The zero-order chi connectivity index (χ0) is 19.4. The van der Waals surface area contributed by atoms with Gasteiger partial charge in [-0.15, -0.1) is 0 Å². The van der Waals surface area contributed by atoms with E-state index in [1.165, 1.54) is 5.57 Å². The van der Waals surface area contributed by atoms with Crippen LogP contribution in [0.2, 0.25) is 0 Å². The van der Waals surface area contributed by atoms with Gasteiger partial charge in [-0.2, -0.15) is 0 Å². The molecule has 6 nitrogen and oxygen atoms in total. The minimum atomic E-state index is -0.558. The number of benzene rings is 1. The maximum atomic E-state index is 13.0. The van der Waals surface area contributed by atoms with Crippen molar-refractivity contribution < 1.29 is 14.4 Å². The summed E-state index contributed by atoms with van der Waals surface area (Å²) in [5.74, 6) is 0.207. The fraction of sp³-hybridized carbons (Fsp3) is 0.429. The Morgan fingerprint density at radius 2 is 2.11 bits per heavy atom. The highest BCUT2D eigenvalue weighted by atomic mass is 16.5. The van der Waals surface area contributed by atoms with E-state index in [2.05, 4.69) is 35.3 Å². The summed E-state index contributed by atoms with van der Waals surface area (Å²) in [5, 5.41) is 17.4. The molecule has 1 aliphatic heterocycles. The number of likely N-dealkylation sites (tertiary alicyclic amines) is 1. The highest BCUT2D eigenvalue weighted by Gasteiger charge is 2.31. The number of aliphatic hydroxyl groups is 1. The van der Waals surface area contributed by atoms with E-state index in [1.807, 2.05) is 30.3 Å². The third-order valence-corrected chi connectivity index (χ3v) is 4.87. The number of nitrogens with one attached hydrogen (secondary N) is 1. The standard InChI is InChI=1S/C21H27N3O3/c1-14(2)9-11-24-12-10-18(25)17(13-24)22-21(26)19-15(3)27-23-20(19)16-7-5-4-6-8-16/h4-9,17-18,25H,10-13H2,1-3H3,(H,22,26)/t17-,18-/m1/s1. The number of hydrogen-bond donors (Lipinski definition) is 2. The summed E-state index contributed by atoms with van der Waals surface area (Å²) in [5.41, 5.74) is 3.04. The number of aryl methyl sites for hydroxylation is 1. The Hall–Kier alpha value is -2.44. The molecule has 1 aromatic heterocycles. The van der Waals surface area contributed by atoms with Crippen molar-refractivity contribution in [3.8, 4) is 11.3 Å². The number of carbonyl (C=O) groups is 1. The van der Waals surface area contributed by atoms with Crippen molar-refractivity contribution in [3.05, 3.63) is 53.3 Å². The number of carbonyl (C=O) groups excluding carboxylic acids is 1. The maximum absolute atomic E-state index is 13.0. The molecule has 0 radical (unpaired) electrons. The van der Waals surface area contributed by atoms with Crippen molar-refractivity contribution in [2.75, 3.05) is 19.6 Å². The fourth-order valence-electron chi connectivity index (χ4n) is 3.30. The van der Waals surface area contributed by atoms with Crippen LogP contribution in [0.1, 0.15) is 36.4 Å². The van der Waals surface area contributed by atoms with Crippen LogP contribution < -0.4 is 5.32 Å². The second-order valence-electron chi connectivity index (χ2n) is 7.31. The Kier molecular flexibility index (Phi) is 6.08. The van der Waals surface area contributed by atoms with Crippen LogP contribution in [-0.2, 0) is 0 Å². The molecule has 1 fully saturated rings. The molecule has 2 atom stereocenters. The first-order valence-corrected chi connectivity index (χ1v) is 9.32. The Balaban J connectivity index is 1.75. The van der Waals surface area contributed by atoms with Gasteiger partial charge >= 0.3 is 0 Å². The van der Waals surface area contributed by atoms with Crippen molar-refractivity contribution >= 4 is 5.91 Å². The molecule has 6 heteroatoms. The summed E-state index contributed by atoms with van der Waals surface area (Å²) in [6.07, 6.45) is 2.24. The number of allylic oxidation sites excluding steroid dienone is 1. The molecule has 144 valence electrons. The summed E-state index contributed by atoms with van der Waals surface area (Å²) in [6, 6.07) is 9.17. The molecule has 0 bridgehead atoms. The molecular weight excluding hydrogens is 342 g/mol. The van der Waals surface area contributed by atoms with Gasteiger partial charge in [0, 0.05) is 25.2 Å². The van der Waals surface area contributed by atoms with Gasteiger partial charge in [-0.25, -0.2) is 0 Å². The molecule has 0 saturated carbocycles. The average molecular weight is 369 g/mol. The Morgan fingerprint density at radius 3 is 2.81 bits per heavy atom. The van der Waals surface area contributed by atoms with E-state index in [4.69, 9.17) is 4.52 Å². The third-order valence-electron chi connectivity index (χ3n) is 4.87. The summed E-state index contributed by atoms with van der Waals surface area (Å²) in [7, 11) is 0. The number of aromatic nitrogens is 1. The van der Waals surface area contributed by atoms with Gasteiger partial charge in [0.25, 0.3) is 5.91 Å². The number of hydrogen-bond acceptors (Lipinski definition) is 5. The monoisotopic (exact) mass is 369 g/mol. The molecule has 0 unspecified atom stereocenters. The van der Waals surface area contributed by atoms with E-state index in [-0.39, 0.29) is 11.9 Å². The van der Waals surface area contributed by atoms with Crippen LogP contribution in [0.15, 0.2) is 46.5 Å². The first kappa shape index (κ1) is 19.3. The van der Waals surface area contributed by atoms with Crippen LogP contribution in [0.5, 0.6) is 0 Å². The molecule has 1 aliphatic rings. The summed E-state index contributed by atoms with van der Waals surface area (Å²) in [6.45, 7) is 8.12. The molecule has 27 heavy (non-hydrogen) atoms. The van der Waals surface area contributed by atoms with E-state index < -0.39 is 6.10 Å². The van der Waals surface area contributed by atoms with E-state index in [9.17, 15) is 9.90 Å². The van der Waals surface area contributed by atoms with Crippen molar-refractivity contribution in [1.29, 1.82) is 0 Å². The normalized spacial score (nSPS) is 20.3. The zero-order valence-electron chi connectivity index (χ0n) is 16.1. The number of piperidine rings is 1. The molecular formula is C21H27N3O3. The van der Waals surface area contributed by atoms with Gasteiger partial charge in [0.05, 0.1) is 12.1 Å². The van der Waals surface area contributed by atoms with Gasteiger partial charge in [-0.1, -0.05) is 47.1 Å². The largest absolute Gasteiger partial charge is 0.391 e. The summed E-state index contributed by atoms with van der Waals surface area (Å²) in [4.78, 5) is 15.2. The van der Waals surface area contributed by atoms with E-state index in [0.29, 0.717) is 30.0 Å². The number of aliphatic hydroxyl groups excluding tert-OH is 1. The molecule has 3 rings (SSSR count). The van der Waals surface area contributed by atoms with Crippen molar-refractivity contribution in [2.24, 2.45) is 0 Å². The number of nitrogens with zero attached hydrogens (tertiary/aromatic N) is 2. The smallest absolute Gasteiger partial charge is 0.257 e. The van der Waals surface area contributed by atoms with Crippen LogP contribution in [0, 0.1) is 6.92 Å². The predicted octanol–water partition coefficient (Wildman–Crippen LogP) is 2.78. The fourth-order valence-corrected chi connectivity index (χ4v) is 3.30. The minimum absolute atomic E-state index is 0.263. The first-order chi connectivity index (χ1) is 13.0. The van der Waals surface area contributed by atoms with E-state index in [1.54, 1.807) is 6.92 Å². The van der Waals surface area contributed by atoms with Gasteiger partial charge in [-0.3, -0.25) is 9.69 Å². The molecule has 2 aromatic rings. The first-order valence-electron chi connectivity index (χ1n) is 9.32. The Morgan fingerprint density at radius 1 is 1.37 bits per heavy atom. The molecule has 1 aromatic carbocycles. The lowest BCUT2D eigenvalue weighted by molar-refractivity contribution is 0.0470. The topological polar surface area (TPSA) is 78.6 Å². The lowest BCUT2D eigenvalue weighted by atomic mass is 10.0. The van der Waals surface area contributed by atoms with E-state index >= 15 is 0 Å². The second-order valence-corrected chi connectivity index (χ2v) is 7.31. The van der Waals surface area contributed by atoms with Gasteiger partial charge in [0.2, 0.25) is 0 Å². The average Bonchev–Trinajstić information content (AvgIpc) is 3.04. The molecule has 0 spiro atoms. The number of amides is 1. The summed E-state index contributed by atoms with van der Waals surface area (Å²) >= 11 is 0. The minimum Gasteiger partial charge on any atom is -0.391 e.